The van der Waals surface area contributed by atoms with Crippen molar-refractivity contribution in [1.29, 1.82) is 0 Å². The lowest BCUT2D eigenvalue weighted by atomic mass is 10.3. The largest absolute Gasteiger partial charge is 0.454 e. The minimum absolute atomic E-state index is 0.0495. The Balaban J connectivity index is 1.43. The van der Waals surface area contributed by atoms with Crippen molar-refractivity contribution >= 4 is 21.7 Å². The molecule has 4 rings (SSSR count). The van der Waals surface area contributed by atoms with Gasteiger partial charge in [0.15, 0.2) is 17.3 Å². The quantitative estimate of drug-likeness (QED) is 0.662. The Morgan fingerprint density at radius 1 is 0.926 bits per heavy atom. The van der Waals surface area contributed by atoms with Crippen molar-refractivity contribution < 1.29 is 17.9 Å². The van der Waals surface area contributed by atoms with Crippen LogP contribution >= 0.6 is 0 Å². The summed E-state index contributed by atoms with van der Waals surface area (Å²) in [5.41, 5.74) is 1.04. The highest BCUT2D eigenvalue weighted by molar-refractivity contribution is 7.92. The lowest BCUT2D eigenvalue weighted by Crippen LogP contribution is -2.14. The Morgan fingerprint density at radius 3 is 2.44 bits per heavy atom. The third-order valence-electron chi connectivity index (χ3n) is 3.78. The summed E-state index contributed by atoms with van der Waals surface area (Å²) in [6.07, 6.45) is 3.41. The maximum absolute atomic E-state index is 12.5. The van der Waals surface area contributed by atoms with Gasteiger partial charge < -0.3 is 14.8 Å². The van der Waals surface area contributed by atoms with Crippen molar-refractivity contribution in [3.63, 3.8) is 0 Å². The van der Waals surface area contributed by atoms with Gasteiger partial charge in [-0.2, -0.15) is 0 Å². The molecule has 0 bridgehead atoms. The maximum atomic E-state index is 12.5. The van der Waals surface area contributed by atoms with Crippen molar-refractivity contribution in [3.05, 3.63) is 60.4 Å². The van der Waals surface area contributed by atoms with Crippen LogP contribution in [0.15, 0.2) is 59.8 Å². The molecule has 0 atom stereocenters. The Labute approximate surface area is 155 Å². The van der Waals surface area contributed by atoms with Gasteiger partial charge >= 0.3 is 0 Å². The van der Waals surface area contributed by atoms with Crippen molar-refractivity contribution in [3.8, 4) is 11.5 Å². The minimum atomic E-state index is -3.82. The molecule has 1 aliphatic heterocycles. The highest BCUT2D eigenvalue weighted by atomic mass is 32.2. The van der Waals surface area contributed by atoms with Gasteiger partial charge in [0.2, 0.25) is 6.79 Å². The number of ether oxygens (including phenoxy) is 2. The van der Waals surface area contributed by atoms with Gasteiger partial charge in [0.25, 0.3) is 10.0 Å². The first-order valence-corrected chi connectivity index (χ1v) is 9.47. The van der Waals surface area contributed by atoms with E-state index in [1.807, 2.05) is 12.1 Å². The van der Waals surface area contributed by atoms with E-state index in [0.717, 1.165) is 5.56 Å². The van der Waals surface area contributed by atoms with Crippen LogP contribution in [0.3, 0.4) is 0 Å². The number of nitrogens with one attached hydrogen (secondary N) is 2. The fourth-order valence-corrected chi connectivity index (χ4v) is 3.43. The fourth-order valence-electron chi connectivity index (χ4n) is 2.41. The Morgan fingerprint density at radius 2 is 1.67 bits per heavy atom. The van der Waals surface area contributed by atoms with Crippen LogP contribution in [-0.2, 0) is 16.6 Å². The van der Waals surface area contributed by atoms with Crippen LogP contribution in [0, 0.1) is 0 Å². The van der Waals surface area contributed by atoms with Crippen LogP contribution < -0.4 is 19.5 Å². The van der Waals surface area contributed by atoms with Gasteiger partial charge in [-0.25, -0.2) is 8.42 Å². The molecular formula is C17H15N5O4S. The molecule has 10 heteroatoms. The summed E-state index contributed by atoms with van der Waals surface area (Å²) >= 11 is 0. The standard InChI is InChI=1S/C17H15N5O4S/c23-27(24,13-1-2-14-15(9-13)26-11-25-14)22-17-4-3-16(20-21-17)19-10-12-5-7-18-8-6-12/h1-9H,10-11H2,(H,19,20)(H,21,22). The molecule has 2 aromatic heterocycles. The number of hydrogen-bond acceptors (Lipinski definition) is 8. The molecule has 27 heavy (non-hydrogen) atoms. The van der Waals surface area contributed by atoms with Crippen LogP contribution in [0.1, 0.15) is 5.56 Å². The predicted molar refractivity (Wildman–Crippen MR) is 97.0 cm³/mol. The number of nitrogens with zero attached hydrogens (tertiary/aromatic N) is 3. The van der Waals surface area contributed by atoms with Gasteiger partial charge in [-0.1, -0.05) is 0 Å². The summed E-state index contributed by atoms with van der Waals surface area (Å²) in [6, 6.07) is 11.3. The molecule has 0 saturated carbocycles. The van der Waals surface area contributed by atoms with Crippen molar-refractivity contribution in [2.45, 2.75) is 11.4 Å². The minimum Gasteiger partial charge on any atom is -0.454 e. The smallest absolute Gasteiger partial charge is 0.263 e. The Kier molecular flexibility index (Phi) is 4.47. The van der Waals surface area contributed by atoms with E-state index in [0.29, 0.717) is 23.9 Å². The molecule has 0 aliphatic carbocycles. The lowest BCUT2D eigenvalue weighted by molar-refractivity contribution is 0.174. The summed E-state index contributed by atoms with van der Waals surface area (Å²) in [5, 5.41) is 11.0. The molecule has 1 aliphatic rings. The van der Waals surface area contributed by atoms with Gasteiger partial charge in [-0.15, -0.1) is 10.2 Å². The van der Waals surface area contributed by atoms with E-state index in [9.17, 15) is 8.42 Å². The fraction of sp³-hybridized carbons (Fsp3) is 0.118. The van der Waals surface area contributed by atoms with Crippen molar-refractivity contribution in [2.75, 3.05) is 16.8 Å². The number of aromatic nitrogens is 3. The first-order valence-electron chi connectivity index (χ1n) is 7.99. The SMILES string of the molecule is O=S(=O)(Nc1ccc(NCc2ccncc2)nn1)c1ccc2c(c1)OCO2. The average molecular weight is 385 g/mol. The van der Waals surface area contributed by atoms with Crippen LogP contribution in [0.4, 0.5) is 11.6 Å². The predicted octanol–water partition coefficient (Wildman–Crippen LogP) is 2.01. The first-order chi connectivity index (χ1) is 13.1. The first kappa shape index (κ1) is 17.0. The molecule has 0 amide bonds. The van der Waals surface area contributed by atoms with Crippen LogP contribution in [0.25, 0.3) is 0 Å². The van der Waals surface area contributed by atoms with E-state index >= 15 is 0 Å². The third-order valence-corrected chi connectivity index (χ3v) is 5.13. The highest BCUT2D eigenvalue weighted by Crippen LogP contribution is 2.34. The van der Waals surface area contributed by atoms with Crippen LogP contribution in [-0.4, -0.2) is 30.4 Å². The monoisotopic (exact) mass is 385 g/mol. The molecule has 0 unspecified atom stereocenters. The van der Waals surface area contributed by atoms with Crippen LogP contribution in [0.2, 0.25) is 0 Å². The number of anilines is 2. The molecule has 0 saturated heterocycles. The topological polar surface area (TPSA) is 115 Å². The number of fused-ring (bicyclic) bond motifs is 1. The van der Waals surface area contributed by atoms with E-state index in [1.54, 1.807) is 24.5 Å². The summed E-state index contributed by atoms with van der Waals surface area (Å²) in [5.74, 6) is 1.54. The van der Waals surface area contributed by atoms with Crippen molar-refractivity contribution in [1.82, 2.24) is 15.2 Å². The van der Waals surface area contributed by atoms with Gasteiger partial charge in [0.05, 0.1) is 4.90 Å². The number of pyridine rings is 1. The number of rotatable bonds is 6. The lowest BCUT2D eigenvalue weighted by Gasteiger charge is -2.09. The summed E-state index contributed by atoms with van der Waals surface area (Å²) in [4.78, 5) is 4.00. The second-order valence-corrected chi connectivity index (χ2v) is 7.32. The molecule has 2 N–H and O–H groups in total. The zero-order valence-electron chi connectivity index (χ0n) is 14.0. The molecule has 3 aromatic rings. The summed E-state index contributed by atoms with van der Waals surface area (Å²) in [7, 11) is -3.82. The molecular weight excluding hydrogens is 370 g/mol. The van der Waals surface area contributed by atoms with Gasteiger partial charge in [0.1, 0.15) is 5.82 Å². The zero-order chi connectivity index (χ0) is 18.7. The molecule has 9 nitrogen and oxygen atoms in total. The van der Waals surface area contributed by atoms with E-state index in [2.05, 4.69) is 25.2 Å². The van der Waals surface area contributed by atoms with Gasteiger partial charge in [-0.3, -0.25) is 9.71 Å². The summed E-state index contributed by atoms with van der Waals surface area (Å²) in [6.45, 7) is 0.630. The highest BCUT2D eigenvalue weighted by Gasteiger charge is 2.20. The molecule has 3 heterocycles. The van der Waals surface area contributed by atoms with E-state index < -0.39 is 10.0 Å². The molecule has 1 aromatic carbocycles. The maximum Gasteiger partial charge on any atom is 0.263 e. The van der Waals surface area contributed by atoms with E-state index in [1.165, 1.54) is 18.2 Å². The third kappa shape index (κ3) is 3.90. The molecule has 138 valence electrons. The second-order valence-electron chi connectivity index (χ2n) is 5.63. The second kappa shape index (κ2) is 7.08. The van der Waals surface area contributed by atoms with E-state index in [4.69, 9.17) is 9.47 Å². The normalized spacial score (nSPS) is 12.6. The molecule has 0 radical (unpaired) electrons. The number of hydrogen-bond donors (Lipinski definition) is 2. The van der Waals surface area contributed by atoms with Gasteiger partial charge in [0, 0.05) is 25.0 Å². The van der Waals surface area contributed by atoms with Gasteiger partial charge in [-0.05, 0) is 42.0 Å². The molecule has 0 fully saturated rings. The Bertz CT molecular complexity index is 1040. The Hall–Kier alpha value is -3.40. The summed E-state index contributed by atoms with van der Waals surface area (Å²) < 4.78 is 37.8. The number of sulfonamides is 1. The molecule has 0 spiro atoms. The average Bonchev–Trinajstić information content (AvgIpc) is 3.16. The zero-order valence-corrected chi connectivity index (χ0v) is 14.8. The van der Waals surface area contributed by atoms with E-state index in [-0.39, 0.29) is 17.5 Å². The van der Waals surface area contributed by atoms with Crippen molar-refractivity contribution in [2.24, 2.45) is 0 Å². The van der Waals surface area contributed by atoms with Crippen LogP contribution in [0.5, 0.6) is 11.5 Å². The number of benzene rings is 1.